The van der Waals surface area contributed by atoms with Gasteiger partial charge < -0.3 is 10.2 Å². The minimum absolute atomic E-state index is 0.231. The molecule has 0 radical (unpaired) electrons. The lowest BCUT2D eigenvalue weighted by Gasteiger charge is -2.17. The molecule has 4 rings (SSSR count). The Bertz CT molecular complexity index is 699. The summed E-state index contributed by atoms with van der Waals surface area (Å²) in [6.07, 6.45) is 8.53. The molecule has 1 atom stereocenters. The number of thiophene rings is 1. The summed E-state index contributed by atoms with van der Waals surface area (Å²) < 4.78 is 0. The third-order valence-electron chi connectivity index (χ3n) is 5.33. The number of amides is 1. The third kappa shape index (κ3) is 3.90. The second kappa shape index (κ2) is 7.61. The highest BCUT2D eigenvalue weighted by Gasteiger charge is 2.28. The molecule has 2 heterocycles. The van der Waals surface area contributed by atoms with Crippen LogP contribution < -0.4 is 5.32 Å². The number of fused-ring (bicyclic) bond motifs is 1. The fourth-order valence-electron chi connectivity index (χ4n) is 3.94. The van der Waals surface area contributed by atoms with Gasteiger partial charge in [-0.15, -0.1) is 11.3 Å². The summed E-state index contributed by atoms with van der Waals surface area (Å²) in [5, 5.41) is 3.55. The first-order valence-corrected chi connectivity index (χ1v) is 10.3. The van der Waals surface area contributed by atoms with Gasteiger partial charge in [0.25, 0.3) is 5.91 Å². The highest BCUT2D eigenvalue weighted by Crippen LogP contribution is 2.30. The maximum atomic E-state index is 12.9. The second-order valence-corrected chi connectivity index (χ2v) is 8.36. The lowest BCUT2D eigenvalue weighted by Crippen LogP contribution is -2.31. The quantitative estimate of drug-likeness (QED) is 0.864. The minimum Gasteiger partial charge on any atom is -0.380 e. The zero-order valence-electron chi connectivity index (χ0n) is 14.7. The van der Waals surface area contributed by atoms with Gasteiger partial charge in [0.2, 0.25) is 0 Å². The molecule has 1 aromatic heterocycles. The van der Waals surface area contributed by atoms with Crippen molar-refractivity contribution in [1.82, 2.24) is 4.90 Å². The molecule has 25 heavy (non-hydrogen) atoms. The molecule has 1 saturated heterocycles. The number of rotatable bonds is 3. The molecule has 4 heteroatoms. The third-order valence-corrected chi connectivity index (χ3v) is 6.55. The van der Waals surface area contributed by atoms with Crippen LogP contribution in [0.25, 0.3) is 0 Å². The molecular weight excluding hydrogens is 328 g/mol. The van der Waals surface area contributed by atoms with Crippen molar-refractivity contribution in [3.8, 4) is 0 Å². The van der Waals surface area contributed by atoms with E-state index >= 15 is 0 Å². The maximum Gasteiger partial charge on any atom is 0.264 e. The van der Waals surface area contributed by atoms with Crippen LogP contribution in [0.5, 0.6) is 0 Å². The monoisotopic (exact) mass is 354 g/mol. The van der Waals surface area contributed by atoms with Crippen LogP contribution in [-0.2, 0) is 12.8 Å². The molecule has 1 unspecified atom stereocenters. The van der Waals surface area contributed by atoms with Crippen LogP contribution in [0.4, 0.5) is 5.69 Å². The van der Waals surface area contributed by atoms with Crippen molar-refractivity contribution in [3.05, 3.63) is 51.7 Å². The largest absolute Gasteiger partial charge is 0.380 e. The van der Waals surface area contributed by atoms with Gasteiger partial charge in [0, 0.05) is 29.7 Å². The van der Waals surface area contributed by atoms with Gasteiger partial charge in [-0.1, -0.05) is 31.0 Å². The molecule has 2 aliphatic rings. The van der Waals surface area contributed by atoms with Crippen LogP contribution >= 0.6 is 11.3 Å². The zero-order valence-corrected chi connectivity index (χ0v) is 15.5. The Morgan fingerprint density at radius 3 is 2.72 bits per heavy atom. The number of para-hydroxylation sites is 1. The summed E-state index contributed by atoms with van der Waals surface area (Å²) in [4.78, 5) is 17.4. The van der Waals surface area contributed by atoms with Crippen LogP contribution in [-0.4, -0.2) is 29.9 Å². The normalized spacial score (nSPS) is 20.6. The predicted octanol–water partition coefficient (Wildman–Crippen LogP) is 4.73. The van der Waals surface area contributed by atoms with E-state index in [1.807, 2.05) is 23.1 Å². The van der Waals surface area contributed by atoms with E-state index in [0.717, 1.165) is 42.9 Å². The maximum absolute atomic E-state index is 12.9. The van der Waals surface area contributed by atoms with Crippen molar-refractivity contribution in [2.24, 2.45) is 0 Å². The Labute approximate surface area is 154 Å². The standard InChI is InChI=1S/C21H26N2OS/c24-21(20-14-16-8-4-1-2-7-11-19(16)25-20)23-13-12-18(15-23)22-17-9-5-3-6-10-17/h3,5-6,9-10,14,18,22H,1-2,4,7-8,11-13,15H2. The first kappa shape index (κ1) is 16.6. The van der Waals surface area contributed by atoms with Gasteiger partial charge in [0.05, 0.1) is 4.88 Å². The summed E-state index contributed by atoms with van der Waals surface area (Å²) in [5.74, 6) is 0.231. The lowest BCUT2D eigenvalue weighted by molar-refractivity contribution is 0.0796. The topological polar surface area (TPSA) is 32.3 Å². The molecule has 0 spiro atoms. The Morgan fingerprint density at radius 2 is 1.88 bits per heavy atom. The fourth-order valence-corrected chi connectivity index (χ4v) is 5.16. The van der Waals surface area contributed by atoms with Crippen LogP contribution in [0.2, 0.25) is 0 Å². The number of carbonyl (C=O) groups is 1. The first-order valence-electron chi connectivity index (χ1n) is 9.52. The molecule has 1 aliphatic heterocycles. The highest BCUT2D eigenvalue weighted by atomic mass is 32.1. The van der Waals surface area contributed by atoms with Crippen molar-refractivity contribution in [1.29, 1.82) is 0 Å². The van der Waals surface area contributed by atoms with E-state index in [1.165, 1.54) is 36.1 Å². The Kier molecular flexibility index (Phi) is 5.07. The predicted molar refractivity (Wildman–Crippen MR) is 105 cm³/mol. The number of hydrogen-bond acceptors (Lipinski definition) is 3. The number of hydrogen-bond donors (Lipinski definition) is 1. The molecule has 0 saturated carbocycles. The van der Waals surface area contributed by atoms with E-state index < -0.39 is 0 Å². The number of likely N-dealkylation sites (tertiary alicyclic amines) is 1. The fraction of sp³-hybridized carbons (Fsp3) is 0.476. The van der Waals surface area contributed by atoms with E-state index in [9.17, 15) is 4.79 Å². The molecular formula is C21H26N2OS. The van der Waals surface area contributed by atoms with Crippen molar-refractivity contribution >= 4 is 22.9 Å². The van der Waals surface area contributed by atoms with Gasteiger partial charge in [-0.2, -0.15) is 0 Å². The molecule has 0 bridgehead atoms. The van der Waals surface area contributed by atoms with E-state index in [2.05, 4.69) is 23.5 Å². The van der Waals surface area contributed by atoms with Crippen molar-refractivity contribution in [3.63, 3.8) is 0 Å². The summed E-state index contributed by atoms with van der Waals surface area (Å²) in [7, 11) is 0. The van der Waals surface area contributed by atoms with Gasteiger partial charge in [-0.25, -0.2) is 0 Å². The average Bonchev–Trinajstić information content (AvgIpc) is 3.22. The molecule has 1 fully saturated rings. The SMILES string of the molecule is O=C(c1cc2c(s1)CCCCCC2)N1CCC(Nc2ccccc2)C1. The van der Waals surface area contributed by atoms with Gasteiger partial charge in [-0.3, -0.25) is 4.79 Å². The van der Waals surface area contributed by atoms with Gasteiger partial charge in [-0.05, 0) is 55.9 Å². The summed E-state index contributed by atoms with van der Waals surface area (Å²) in [6, 6.07) is 12.8. The average molecular weight is 355 g/mol. The summed E-state index contributed by atoms with van der Waals surface area (Å²) >= 11 is 1.75. The smallest absolute Gasteiger partial charge is 0.264 e. The number of nitrogens with zero attached hydrogens (tertiary/aromatic N) is 1. The molecule has 1 aromatic carbocycles. The van der Waals surface area contributed by atoms with Crippen LogP contribution in [0.3, 0.4) is 0 Å². The molecule has 1 aliphatic carbocycles. The molecule has 1 N–H and O–H groups in total. The highest BCUT2D eigenvalue weighted by molar-refractivity contribution is 7.14. The Morgan fingerprint density at radius 1 is 1.08 bits per heavy atom. The second-order valence-electron chi connectivity index (χ2n) is 7.22. The summed E-state index contributed by atoms with van der Waals surface area (Å²) in [6.45, 7) is 1.65. The number of benzene rings is 1. The van der Waals surface area contributed by atoms with Crippen molar-refractivity contribution in [2.45, 2.75) is 51.0 Å². The van der Waals surface area contributed by atoms with Crippen LogP contribution in [0.1, 0.15) is 52.2 Å². The van der Waals surface area contributed by atoms with E-state index in [4.69, 9.17) is 0 Å². The Balaban J connectivity index is 1.41. The van der Waals surface area contributed by atoms with Crippen molar-refractivity contribution < 1.29 is 4.79 Å². The first-order chi connectivity index (χ1) is 12.3. The van der Waals surface area contributed by atoms with Gasteiger partial charge in [0.1, 0.15) is 0 Å². The number of carbonyl (C=O) groups excluding carboxylic acids is 1. The molecule has 2 aromatic rings. The van der Waals surface area contributed by atoms with E-state index in [0.29, 0.717) is 6.04 Å². The van der Waals surface area contributed by atoms with E-state index in [-0.39, 0.29) is 5.91 Å². The van der Waals surface area contributed by atoms with Crippen LogP contribution in [0.15, 0.2) is 36.4 Å². The molecule has 132 valence electrons. The number of nitrogens with one attached hydrogen (secondary N) is 1. The molecule has 1 amide bonds. The minimum atomic E-state index is 0.231. The lowest BCUT2D eigenvalue weighted by atomic mass is 10.00. The number of anilines is 1. The number of aryl methyl sites for hydroxylation is 2. The van der Waals surface area contributed by atoms with Gasteiger partial charge in [0.15, 0.2) is 0 Å². The summed E-state index contributed by atoms with van der Waals surface area (Å²) in [5.41, 5.74) is 2.58. The van der Waals surface area contributed by atoms with E-state index in [1.54, 1.807) is 11.3 Å². The Hall–Kier alpha value is -1.81. The van der Waals surface area contributed by atoms with Gasteiger partial charge >= 0.3 is 0 Å². The van der Waals surface area contributed by atoms with Crippen LogP contribution in [0, 0.1) is 0 Å². The molecule has 3 nitrogen and oxygen atoms in total. The van der Waals surface area contributed by atoms with Crippen molar-refractivity contribution in [2.75, 3.05) is 18.4 Å². The zero-order chi connectivity index (χ0) is 17.1.